The first kappa shape index (κ1) is 17.0. The molecule has 1 aliphatic carbocycles. The number of carbonyl (C=O) groups excluding carboxylic acids is 2. The molecule has 1 aliphatic rings. The highest BCUT2D eigenvalue weighted by Gasteiger charge is 2.29. The summed E-state index contributed by atoms with van der Waals surface area (Å²) in [7, 11) is 0. The van der Waals surface area contributed by atoms with Crippen molar-refractivity contribution in [3.8, 4) is 0 Å². The quantitative estimate of drug-likeness (QED) is 0.479. The van der Waals surface area contributed by atoms with Crippen molar-refractivity contribution in [3.63, 3.8) is 0 Å². The van der Waals surface area contributed by atoms with Crippen molar-refractivity contribution in [2.24, 2.45) is 11.0 Å². The molecule has 0 unspecified atom stereocenters. The van der Waals surface area contributed by atoms with Gasteiger partial charge in [-0.1, -0.05) is 30.3 Å². The van der Waals surface area contributed by atoms with Gasteiger partial charge in [-0.2, -0.15) is 5.10 Å². The van der Waals surface area contributed by atoms with Crippen molar-refractivity contribution in [1.29, 1.82) is 0 Å². The second kappa shape index (κ2) is 7.07. The summed E-state index contributed by atoms with van der Waals surface area (Å²) in [4.78, 5) is 27.3. The number of aromatic nitrogens is 1. The topological polar surface area (TPSA) is 86.3 Å². The van der Waals surface area contributed by atoms with Crippen molar-refractivity contribution in [2.45, 2.75) is 19.8 Å². The van der Waals surface area contributed by atoms with Crippen LogP contribution in [0, 0.1) is 5.92 Å². The van der Waals surface area contributed by atoms with E-state index in [0.29, 0.717) is 11.3 Å². The molecule has 1 fully saturated rings. The van der Waals surface area contributed by atoms with Crippen LogP contribution in [0.3, 0.4) is 0 Å². The molecule has 2 aromatic carbocycles. The van der Waals surface area contributed by atoms with Gasteiger partial charge in [-0.05, 0) is 43.5 Å². The van der Waals surface area contributed by atoms with E-state index in [0.717, 1.165) is 35.0 Å². The number of hydrogen-bond acceptors (Lipinski definition) is 3. The van der Waals surface area contributed by atoms with E-state index in [1.165, 1.54) is 0 Å². The molecule has 0 atom stereocenters. The van der Waals surface area contributed by atoms with Gasteiger partial charge in [-0.25, -0.2) is 5.43 Å². The molecule has 0 bridgehead atoms. The van der Waals surface area contributed by atoms with Crippen molar-refractivity contribution in [3.05, 3.63) is 65.9 Å². The summed E-state index contributed by atoms with van der Waals surface area (Å²) in [5.41, 5.74) is 6.40. The molecule has 3 aromatic rings. The lowest BCUT2D eigenvalue weighted by Crippen LogP contribution is -2.19. The highest BCUT2D eigenvalue weighted by atomic mass is 16.2. The first-order valence-corrected chi connectivity index (χ1v) is 8.94. The minimum Gasteiger partial charge on any atom is -0.360 e. The van der Waals surface area contributed by atoms with E-state index in [9.17, 15) is 9.59 Å². The van der Waals surface area contributed by atoms with Crippen LogP contribution < -0.4 is 10.7 Å². The van der Waals surface area contributed by atoms with E-state index >= 15 is 0 Å². The van der Waals surface area contributed by atoms with E-state index in [-0.39, 0.29) is 17.7 Å². The molecule has 0 radical (unpaired) electrons. The number of rotatable bonds is 5. The van der Waals surface area contributed by atoms with Gasteiger partial charge in [0.1, 0.15) is 0 Å². The van der Waals surface area contributed by atoms with E-state index < -0.39 is 0 Å². The lowest BCUT2D eigenvalue weighted by molar-refractivity contribution is -0.117. The van der Waals surface area contributed by atoms with Crippen LogP contribution in [0.5, 0.6) is 0 Å². The van der Waals surface area contributed by atoms with Gasteiger partial charge in [0.05, 0.1) is 11.3 Å². The summed E-state index contributed by atoms with van der Waals surface area (Å²) in [6, 6.07) is 15.1. The molecule has 2 amide bonds. The average Bonchev–Trinajstić information content (AvgIpc) is 3.46. The van der Waals surface area contributed by atoms with Gasteiger partial charge in [0, 0.05) is 28.7 Å². The van der Waals surface area contributed by atoms with Crippen molar-refractivity contribution in [2.75, 3.05) is 5.32 Å². The summed E-state index contributed by atoms with van der Waals surface area (Å²) >= 11 is 0. The molecule has 1 aromatic heterocycles. The van der Waals surface area contributed by atoms with Gasteiger partial charge >= 0.3 is 0 Å². The molecule has 27 heavy (non-hydrogen) atoms. The predicted molar refractivity (Wildman–Crippen MR) is 106 cm³/mol. The third-order valence-electron chi connectivity index (χ3n) is 4.68. The number of amides is 2. The number of anilines is 1. The van der Waals surface area contributed by atoms with Gasteiger partial charge in [0.2, 0.25) is 5.91 Å². The Balaban J connectivity index is 1.42. The maximum atomic E-state index is 12.4. The molecular formula is C21H20N4O2. The number of fused-ring (bicyclic) bond motifs is 1. The van der Waals surface area contributed by atoms with Gasteiger partial charge in [0.25, 0.3) is 5.91 Å². The van der Waals surface area contributed by atoms with Crippen molar-refractivity contribution in [1.82, 2.24) is 10.4 Å². The minimum atomic E-state index is -0.264. The monoisotopic (exact) mass is 360 g/mol. The lowest BCUT2D eigenvalue weighted by Gasteiger charge is -2.06. The Labute approximate surface area is 156 Å². The third-order valence-corrected chi connectivity index (χ3v) is 4.68. The normalized spacial score (nSPS) is 14.2. The van der Waals surface area contributed by atoms with Gasteiger partial charge in [0.15, 0.2) is 0 Å². The molecule has 4 rings (SSSR count). The molecule has 1 heterocycles. The number of H-pyrrole nitrogens is 1. The molecule has 6 nitrogen and oxygen atoms in total. The number of aromatic amines is 1. The molecule has 0 saturated heterocycles. The SMILES string of the molecule is C/C(=N\NC(=O)c1c[nH]c2ccccc12)c1ccc(NC(=O)C2CC2)cc1. The molecular weight excluding hydrogens is 340 g/mol. The summed E-state index contributed by atoms with van der Waals surface area (Å²) in [6.45, 7) is 1.83. The standard InChI is InChI=1S/C21H20N4O2/c1-13(14-8-10-16(11-9-14)23-20(26)15-6-7-15)24-25-21(27)18-12-22-19-5-3-2-4-17(18)19/h2-5,8-12,15,22H,6-7H2,1H3,(H,23,26)(H,25,27)/b24-13+. The summed E-state index contributed by atoms with van der Waals surface area (Å²) in [5, 5.41) is 7.97. The van der Waals surface area contributed by atoms with Crippen molar-refractivity contribution >= 4 is 34.1 Å². The van der Waals surface area contributed by atoms with Crippen LogP contribution in [0.2, 0.25) is 0 Å². The molecule has 3 N–H and O–H groups in total. The Morgan fingerprint density at radius 1 is 1.07 bits per heavy atom. The fourth-order valence-electron chi connectivity index (χ4n) is 2.90. The first-order chi connectivity index (χ1) is 13.1. The van der Waals surface area contributed by atoms with Gasteiger partial charge < -0.3 is 10.3 Å². The maximum absolute atomic E-state index is 12.4. The lowest BCUT2D eigenvalue weighted by atomic mass is 10.1. The summed E-state index contributed by atoms with van der Waals surface area (Å²) in [6.07, 6.45) is 3.64. The van der Waals surface area contributed by atoms with Crippen LogP contribution in [-0.4, -0.2) is 22.5 Å². The Hall–Kier alpha value is -3.41. The number of carbonyl (C=O) groups is 2. The van der Waals surface area contributed by atoms with Crippen LogP contribution in [0.1, 0.15) is 35.7 Å². The zero-order chi connectivity index (χ0) is 18.8. The van der Waals surface area contributed by atoms with E-state index in [1.54, 1.807) is 6.20 Å². The zero-order valence-electron chi connectivity index (χ0n) is 15.0. The van der Waals surface area contributed by atoms with Crippen LogP contribution >= 0.6 is 0 Å². The minimum absolute atomic E-state index is 0.0825. The highest BCUT2D eigenvalue weighted by molar-refractivity contribution is 6.07. The Kier molecular flexibility index (Phi) is 4.46. The zero-order valence-corrected chi connectivity index (χ0v) is 15.0. The van der Waals surface area contributed by atoms with Crippen LogP contribution in [-0.2, 0) is 4.79 Å². The van der Waals surface area contributed by atoms with E-state index in [1.807, 2.05) is 55.5 Å². The van der Waals surface area contributed by atoms with Crippen LogP contribution in [0.4, 0.5) is 5.69 Å². The second-order valence-corrected chi connectivity index (χ2v) is 6.73. The van der Waals surface area contributed by atoms with Gasteiger partial charge in [-0.15, -0.1) is 0 Å². The Bertz CT molecular complexity index is 1030. The Morgan fingerprint density at radius 2 is 1.81 bits per heavy atom. The number of hydrogen-bond donors (Lipinski definition) is 3. The smallest absolute Gasteiger partial charge is 0.273 e. The van der Waals surface area contributed by atoms with E-state index in [4.69, 9.17) is 0 Å². The maximum Gasteiger partial charge on any atom is 0.273 e. The third kappa shape index (κ3) is 3.74. The molecule has 136 valence electrons. The number of hydrazone groups is 1. The molecule has 6 heteroatoms. The van der Waals surface area contributed by atoms with Crippen molar-refractivity contribution < 1.29 is 9.59 Å². The number of para-hydroxylation sites is 1. The number of nitrogens with zero attached hydrogens (tertiary/aromatic N) is 1. The average molecular weight is 360 g/mol. The second-order valence-electron chi connectivity index (χ2n) is 6.73. The predicted octanol–water partition coefficient (Wildman–Crippen LogP) is 3.67. The largest absolute Gasteiger partial charge is 0.360 e. The van der Waals surface area contributed by atoms with E-state index in [2.05, 4.69) is 20.8 Å². The molecule has 0 aliphatic heterocycles. The van der Waals surface area contributed by atoms with Gasteiger partial charge in [-0.3, -0.25) is 9.59 Å². The summed E-state index contributed by atoms with van der Waals surface area (Å²) in [5.74, 6) is -0.00746. The van der Waals surface area contributed by atoms with Crippen LogP contribution in [0.15, 0.2) is 59.8 Å². The molecule has 0 spiro atoms. The number of benzene rings is 2. The van der Waals surface area contributed by atoms with Crippen LogP contribution in [0.25, 0.3) is 10.9 Å². The molecule has 1 saturated carbocycles. The number of nitrogens with one attached hydrogen (secondary N) is 3. The summed E-state index contributed by atoms with van der Waals surface area (Å²) < 4.78 is 0. The fraction of sp³-hybridized carbons (Fsp3) is 0.190. The Morgan fingerprint density at radius 3 is 2.56 bits per heavy atom. The highest BCUT2D eigenvalue weighted by Crippen LogP contribution is 2.30. The fourth-order valence-corrected chi connectivity index (χ4v) is 2.90. The first-order valence-electron chi connectivity index (χ1n) is 8.94.